The second-order valence-electron chi connectivity index (χ2n) is 7.64. The number of hydrogen-bond donors (Lipinski definition) is 0. The zero-order chi connectivity index (χ0) is 12.7. The lowest BCUT2D eigenvalue weighted by Gasteiger charge is -2.53. The Bertz CT molecular complexity index is 262. The summed E-state index contributed by atoms with van der Waals surface area (Å²) in [5.74, 6) is 0. The number of rotatable bonds is 1. The Balaban J connectivity index is 2.01. The lowest BCUT2D eigenvalue weighted by Crippen LogP contribution is -2.54. The van der Waals surface area contributed by atoms with Crippen LogP contribution in [0.5, 0.6) is 0 Å². The monoisotopic (exact) mass is 238 g/mol. The number of likely N-dealkylation sites (tertiary alicyclic amines) is 2. The molecule has 2 aliphatic heterocycles. The molecule has 2 fully saturated rings. The summed E-state index contributed by atoms with van der Waals surface area (Å²) in [5, 5.41) is 0. The van der Waals surface area contributed by atoms with E-state index in [4.69, 9.17) is 0 Å². The molecule has 0 saturated carbocycles. The molecule has 2 aliphatic rings. The van der Waals surface area contributed by atoms with E-state index < -0.39 is 0 Å². The molecule has 1 spiro atoms. The first-order chi connectivity index (χ1) is 7.82. The summed E-state index contributed by atoms with van der Waals surface area (Å²) in [6, 6.07) is 0.724. The normalized spacial score (nSPS) is 30.0. The molecule has 0 aromatic carbocycles. The number of hydrogen-bond acceptors (Lipinski definition) is 2. The van der Waals surface area contributed by atoms with Gasteiger partial charge in [-0.25, -0.2) is 0 Å². The Kier molecular flexibility index (Phi) is 3.57. The maximum Gasteiger partial charge on any atom is 0.00385 e. The van der Waals surface area contributed by atoms with Crippen LogP contribution in [0.25, 0.3) is 0 Å². The highest BCUT2D eigenvalue weighted by Crippen LogP contribution is 2.46. The summed E-state index contributed by atoms with van der Waals surface area (Å²) >= 11 is 0. The van der Waals surface area contributed by atoms with Crippen molar-refractivity contribution in [1.29, 1.82) is 0 Å². The van der Waals surface area contributed by atoms with Gasteiger partial charge in [0.15, 0.2) is 0 Å². The molecule has 0 aromatic heterocycles. The van der Waals surface area contributed by atoms with Crippen LogP contribution in [0, 0.1) is 10.8 Å². The van der Waals surface area contributed by atoms with Crippen LogP contribution in [0.3, 0.4) is 0 Å². The van der Waals surface area contributed by atoms with Crippen LogP contribution >= 0.6 is 0 Å². The van der Waals surface area contributed by atoms with Crippen LogP contribution in [-0.4, -0.2) is 49.1 Å². The number of piperidine rings is 2. The summed E-state index contributed by atoms with van der Waals surface area (Å²) in [6.07, 6.45) is 4.23. The lowest BCUT2D eigenvalue weighted by atomic mass is 9.64. The molecule has 0 bridgehead atoms. The van der Waals surface area contributed by atoms with Gasteiger partial charge in [0.25, 0.3) is 0 Å². The fraction of sp³-hybridized carbons (Fsp3) is 1.00. The van der Waals surface area contributed by atoms with E-state index in [0.717, 1.165) is 6.04 Å². The lowest BCUT2D eigenvalue weighted by molar-refractivity contribution is -0.0273. The van der Waals surface area contributed by atoms with Crippen molar-refractivity contribution in [3.05, 3.63) is 0 Å². The Labute approximate surface area is 107 Å². The van der Waals surface area contributed by atoms with Gasteiger partial charge in [0.05, 0.1) is 0 Å². The van der Waals surface area contributed by atoms with Crippen LogP contribution in [0.2, 0.25) is 0 Å². The van der Waals surface area contributed by atoms with Crippen molar-refractivity contribution in [3.63, 3.8) is 0 Å². The quantitative estimate of drug-likeness (QED) is 0.693. The highest BCUT2D eigenvalue weighted by molar-refractivity contribution is 4.96. The highest BCUT2D eigenvalue weighted by Gasteiger charge is 2.43. The van der Waals surface area contributed by atoms with Crippen molar-refractivity contribution in [1.82, 2.24) is 9.80 Å². The van der Waals surface area contributed by atoms with E-state index in [1.165, 1.54) is 45.4 Å². The van der Waals surface area contributed by atoms with E-state index >= 15 is 0 Å². The van der Waals surface area contributed by atoms with Gasteiger partial charge in [0.1, 0.15) is 0 Å². The molecule has 0 amide bonds. The van der Waals surface area contributed by atoms with Gasteiger partial charge in [0, 0.05) is 19.1 Å². The van der Waals surface area contributed by atoms with E-state index in [2.05, 4.69) is 44.5 Å². The fourth-order valence-electron chi connectivity index (χ4n) is 4.34. The standard InChI is InChI=1S/C15H30N2/c1-13(2)17-8-6-15(7-9-17)10-14(3,4)11-16(5)12-15/h13H,6-12H2,1-5H3. The Hall–Kier alpha value is -0.0800. The molecular formula is C15H30N2. The van der Waals surface area contributed by atoms with Gasteiger partial charge in [0.2, 0.25) is 0 Å². The summed E-state index contributed by atoms with van der Waals surface area (Å²) in [7, 11) is 2.30. The molecule has 2 heterocycles. The summed E-state index contributed by atoms with van der Waals surface area (Å²) in [6.45, 7) is 14.7. The van der Waals surface area contributed by atoms with Gasteiger partial charge in [-0.3, -0.25) is 0 Å². The third kappa shape index (κ3) is 3.03. The van der Waals surface area contributed by atoms with E-state index in [-0.39, 0.29) is 0 Å². The zero-order valence-electron chi connectivity index (χ0n) is 12.4. The summed E-state index contributed by atoms with van der Waals surface area (Å²) in [4.78, 5) is 5.21. The maximum absolute atomic E-state index is 2.65. The topological polar surface area (TPSA) is 6.48 Å². The second kappa shape index (κ2) is 4.55. The highest BCUT2D eigenvalue weighted by atomic mass is 15.2. The van der Waals surface area contributed by atoms with Gasteiger partial charge in [-0.15, -0.1) is 0 Å². The molecule has 0 atom stereocenters. The Morgan fingerprint density at radius 1 is 1.00 bits per heavy atom. The van der Waals surface area contributed by atoms with E-state index in [9.17, 15) is 0 Å². The zero-order valence-corrected chi connectivity index (χ0v) is 12.4. The van der Waals surface area contributed by atoms with Gasteiger partial charge >= 0.3 is 0 Å². The van der Waals surface area contributed by atoms with Crippen LogP contribution in [0.15, 0.2) is 0 Å². The van der Waals surface area contributed by atoms with Gasteiger partial charge < -0.3 is 9.80 Å². The number of nitrogens with zero attached hydrogens (tertiary/aromatic N) is 2. The Morgan fingerprint density at radius 2 is 1.59 bits per heavy atom. The predicted molar refractivity (Wildman–Crippen MR) is 74.3 cm³/mol. The van der Waals surface area contributed by atoms with Gasteiger partial charge in [-0.05, 0) is 64.1 Å². The van der Waals surface area contributed by atoms with Crippen molar-refractivity contribution in [3.8, 4) is 0 Å². The molecule has 0 radical (unpaired) electrons. The minimum atomic E-state index is 0.507. The van der Waals surface area contributed by atoms with Crippen LogP contribution in [-0.2, 0) is 0 Å². The van der Waals surface area contributed by atoms with Gasteiger partial charge in [-0.2, -0.15) is 0 Å². The van der Waals surface area contributed by atoms with Crippen molar-refractivity contribution in [2.24, 2.45) is 10.8 Å². The molecule has 0 aliphatic carbocycles. The van der Waals surface area contributed by atoms with E-state index in [1.54, 1.807) is 0 Å². The van der Waals surface area contributed by atoms with Crippen molar-refractivity contribution < 1.29 is 0 Å². The molecule has 2 heteroatoms. The SMILES string of the molecule is CC(C)N1CCC2(CC1)CN(C)CC(C)(C)C2. The Morgan fingerprint density at radius 3 is 2.06 bits per heavy atom. The summed E-state index contributed by atoms with van der Waals surface area (Å²) < 4.78 is 0. The van der Waals surface area contributed by atoms with E-state index in [1.807, 2.05) is 0 Å². The fourth-order valence-corrected chi connectivity index (χ4v) is 4.34. The molecular weight excluding hydrogens is 208 g/mol. The molecule has 2 nitrogen and oxygen atoms in total. The minimum absolute atomic E-state index is 0.507. The third-order valence-corrected chi connectivity index (χ3v) is 4.75. The van der Waals surface area contributed by atoms with E-state index in [0.29, 0.717) is 10.8 Å². The largest absolute Gasteiger partial charge is 0.305 e. The average Bonchev–Trinajstić information content (AvgIpc) is 2.14. The first-order valence-corrected chi connectivity index (χ1v) is 7.25. The van der Waals surface area contributed by atoms with Crippen molar-refractivity contribution >= 4 is 0 Å². The predicted octanol–water partition coefficient (Wildman–Crippen LogP) is 2.84. The smallest absolute Gasteiger partial charge is 0.00385 e. The molecule has 100 valence electrons. The first kappa shape index (κ1) is 13.4. The summed E-state index contributed by atoms with van der Waals surface area (Å²) in [5.41, 5.74) is 1.12. The van der Waals surface area contributed by atoms with Crippen LogP contribution in [0.1, 0.15) is 47.0 Å². The molecule has 0 N–H and O–H groups in total. The van der Waals surface area contributed by atoms with Gasteiger partial charge in [-0.1, -0.05) is 13.8 Å². The molecule has 2 rings (SSSR count). The molecule has 2 saturated heterocycles. The molecule has 0 unspecified atom stereocenters. The maximum atomic E-state index is 2.65. The third-order valence-electron chi connectivity index (χ3n) is 4.75. The molecule has 17 heavy (non-hydrogen) atoms. The van der Waals surface area contributed by atoms with Crippen molar-refractivity contribution in [2.45, 2.75) is 53.0 Å². The average molecular weight is 238 g/mol. The molecule has 0 aromatic rings. The van der Waals surface area contributed by atoms with Crippen LogP contribution in [0.4, 0.5) is 0 Å². The van der Waals surface area contributed by atoms with Crippen molar-refractivity contribution in [2.75, 3.05) is 33.2 Å². The first-order valence-electron chi connectivity index (χ1n) is 7.25. The van der Waals surface area contributed by atoms with Crippen LogP contribution < -0.4 is 0 Å². The minimum Gasteiger partial charge on any atom is -0.305 e. The second-order valence-corrected chi connectivity index (χ2v) is 7.64.